The topological polar surface area (TPSA) is 28.2 Å². The van der Waals surface area contributed by atoms with Gasteiger partial charge in [-0.3, -0.25) is 4.98 Å². The van der Waals surface area contributed by atoms with Gasteiger partial charge in [0.2, 0.25) is 0 Å². The number of nitrogens with zero attached hydrogens (tertiary/aromatic N) is 2. The van der Waals surface area contributed by atoms with Crippen LogP contribution in [0.2, 0.25) is 0 Å². The fourth-order valence-electron chi connectivity index (χ4n) is 3.20. The molecule has 0 amide bonds. The smallest absolute Gasteiger partial charge is 0.0794 e. The molecular weight excluding hydrogens is 230 g/mol. The fraction of sp³-hybridized carbons (Fsp3) is 0.769. The van der Waals surface area contributed by atoms with Gasteiger partial charge in [0.1, 0.15) is 0 Å². The van der Waals surface area contributed by atoms with Crippen LogP contribution in [0.1, 0.15) is 30.6 Å². The maximum absolute atomic E-state index is 4.18. The third-order valence-electron chi connectivity index (χ3n) is 4.25. The Morgan fingerprint density at radius 1 is 1.47 bits per heavy atom. The van der Waals surface area contributed by atoms with Gasteiger partial charge in [-0.15, -0.1) is 11.3 Å². The molecule has 1 unspecified atom stereocenters. The zero-order chi connectivity index (χ0) is 12.3. The first-order valence-electron chi connectivity index (χ1n) is 6.41. The number of hydrogen-bond donors (Lipinski definition) is 1. The predicted molar refractivity (Wildman–Crippen MR) is 73.6 cm³/mol. The number of hydrogen-bond acceptors (Lipinski definition) is 4. The molecule has 2 rings (SSSR count). The van der Waals surface area contributed by atoms with Crippen LogP contribution in [-0.4, -0.2) is 42.6 Å². The van der Waals surface area contributed by atoms with Crippen molar-refractivity contribution >= 4 is 11.3 Å². The highest BCUT2D eigenvalue weighted by atomic mass is 32.1. The molecule has 17 heavy (non-hydrogen) atoms. The van der Waals surface area contributed by atoms with E-state index in [-0.39, 0.29) is 0 Å². The second-order valence-electron chi connectivity index (χ2n) is 5.22. The molecule has 1 aromatic heterocycles. The molecular formula is C13H23N3S. The summed E-state index contributed by atoms with van der Waals surface area (Å²) in [7, 11) is 6.54. The predicted octanol–water partition coefficient (Wildman–Crippen LogP) is 2.15. The van der Waals surface area contributed by atoms with Crippen LogP contribution in [0.15, 0.2) is 11.7 Å². The molecule has 1 atom stereocenters. The van der Waals surface area contributed by atoms with Crippen molar-refractivity contribution in [2.45, 2.75) is 43.7 Å². The summed E-state index contributed by atoms with van der Waals surface area (Å²) in [6, 6.07) is 0.528. The van der Waals surface area contributed by atoms with E-state index >= 15 is 0 Å². The van der Waals surface area contributed by atoms with E-state index in [1.165, 1.54) is 30.6 Å². The van der Waals surface area contributed by atoms with Crippen LogP contribution in [-0.2, 0) is 6.42 Å². The van der Waals surface area contributed by atoms with Gasteiger partial charge < -0.3 is 10.2 Å². The summed E-state index contributed by atoms with van der Waals surface area (Å²) in [5.74, 6) is 0. The van der Waals surface area contributed by atoms with Crippen LogP contribution in [0.5, 0.6) is 0 Å². The van der Waals surface area contributed by atoms with E-state index in [1.807, 2.05) is 11.7 Å². The third kappa shape index (κ3) is 2.54. The van der Waals surface area contributed by atoms with Gasteiger partial charge in [0.15, 0.2) is 0 Å². The van der Waals surface area contributed by atoms with Crippen molar-refractivity contribution in [3.63, 3.8) is 0 Å². The Bertz CT molecular complexity index is 328. The molecule has 1 N–H and O–H groups in total. The minimum Gasteiger partial charge on any atom is -0.315 e. The van der Waals surface area contributed by atoms with Crippen LogP contribution >= 0.6 is 11.3 Å². The maximum atomic E-state index is 4.18. The molecule has 1 aromatic rings. The molecule has 3 nitrogen and oxygen atoms in total. The minimum atomic E-state index is 0.332. The van der Waals surface area contributed by atoms with Gasteiger partial charge in [-0.05, 0) is 34.0 Å². The summed E-state index contributed by atoms with van der Waals surface area (Å²) in [4.78, 5) is 8.00. The normalized spacial score (nSPS) is 20.9. The van der Waals surface area contributed by atoms with Gasteiger partial charge in [-0.1, -0.05) is 12.8 Å². The first kappa shape index (κ1) is 13.0. The molecule has 1 aliphatic rings. The van der Waals surface area contributed by atoms with Crippen molar-refractivity contribution in [2.24, 2.45) is 0 Å². The lowest BCUT2D eigenvalue weighted by atomic mass is 9.84. The van der Waals surface area contributed by atoms with Gasteiger partial charge in [0.05, 0.1) is 5.51 Å². The van der Waals surface area contributed by atoms with Crippen molar-refractivity contribution in [3.05, 3.63) is 16.6 Å². The Morgan fingerprint density at radius 2 is 2.18 bits per heavy atom. The summed E-state index contributed by atoms with van der Waals surface area (Å²) in [6.07, 6.45) is 8.44. The van der Waals surface area contributed by atoms with Crippen molar-refractivity contribution < 1.29 is 0 Å². The van der Waals surface area contributed by atoms with Crippen LogP contribution in [0.25, 0.3) is 0 Å². The van der Waals surface area contributed by atoms with Crippen molar-refractivity contribution in [1.29, 1.82) is 0 Å². The van der Waals surface area contributed by atoms with Crippen molar-refractivity contribution in [3.8, 4) is 0 Å². The standard InChI is InChI=1S/C13H23N3S/c1-14-12(8-11-9-15-10-17-11)13(16(2)3)6-4-5-7-13/h9-10,12,14H,4-8H2,1-3H3. The maximum Gasteiger partial charge on any atom is 0.0794 e. The summed E-state index contributed by atoms with van der Waals surface area (Å²) in [6.45, 7) is 0. The lowest BCUT2D eigenvalue weighted by Gasteiger charge is -2.43. The average molecular weight is 253 g/mol. The third-order valence-corrected chi connectivity index (χ3v) is 5.05. The molecule has 1 saturated carbocycles. The lowest BCUT2D eigenvalue weighted by molar-refractivity contribution is 0.108. The van der Waals surface area contributed by atoms with E-state index < -0.39 is 0 Å². The number of rotatable bonds is 5. The Balaban J connectivity index is 2.15. The molecule has 4 heteroatoms. The molecule has 1 heterocycles. The molecule has 1 aliphatic carbocycles. The molecule has 0 aliphatic heterocycles. The van der Waals surface area contributed by atoms with E-state index in [0.29, 0.717) is 11.6 Å². The Labute approximate surface area is 108 Å². The van der Waals surface area contributed by atoms with Gasteiger partial charge in [-0.2, -0.15) is 0 Å². The van der Waals surface area contributed by atoms with Gasteiger partial charge in [0.25, 0.3) is 0 Å². The van der Waals surface area contributed by atoms with Gasteiger partial charge in [-0.25, -0.2) is 0 Å². The Morgan fingerprint density at radius 3 is 2.65 bits per heavy atom. The Kier molecular flexibility index (Phi) is 4.17. The van der Waals surface area contributed by atoms with Gasteiger partial charge >= 0.3 is 0 Å². The average Bonchev–Trinajstić information content (AvgIpc) is 2.97. The monoisotopic (exact) mass is 253 g/mol. The highest BCUT2D eigenvalue weighted by Gasteiger charge is 2.42. The van der Waals surface area contributed by atoms with E-state index in [2.05, 4.69) is 36.3 Å². The van der Waals surface area contributed by atoms with Crippen LogP contribution in [0.4, 0.5) is 0 Å². The van der Waals surface area contributed by atoms with Crippen molar-refractivity contribution in [1.82, 2.24) is 15.2 Å². The SMILES string of the molecule is CNC(Cc1cncs1)C1(N(C)C)CCCC1. The van der Waals surface area contributed by atoms with Crippen molar-refractivity contribution in [2.75, 3.05) is 21.1 Å². The van der Waals surface area contributed by atoms with E-state index in [0.717, 1.165) is 6.42 Å². The molecule has 1 fully saturated rings. The number of thiazole rings is 1. The molecule has 0 spiro atoms. The summed E-state index contributed by atoms with van der Waals surface area (Å²) >= 11 is 1.77. The summed E-state index contributed by atoms with van der Waals surface area (Å²) in [5, 5.41) is 3.54. The quantitative estimate of drug-likeness (QED) is 0.871. The molecule has 0 saturated heterocycles. The second-order valence-corrected chi connectivity index (χ2v) is 6.19. The van der Waals surface area contributed by atoms with Crippen LogP contribution in [0.3, 0.4) is 0 Å². The lowest BCUT2D eigenvalue weighted by Crippen LogP contribution is -2.57. The number of nitrogens with one attached hydrogen (secondary N) is 1. The summed E-state index contributed by atoms with van der Waals surface area (Å²) in [5.41, 5.74) is 2.26. The second kappa shape index (κ2) is 5.46. The van der Waals surface area contributed by atoms with E-state index in [9.17, 15) is 0 Å². The molecule has 0 radical (unpaired) electrons. The number of aromatic nitrogens is 1. The van der Waals surface area contributed by atoms with Gasteiger partial charge in [0, 0.05) is 29.1 Å². The summed E-state index contributed by atoms with van der Waals surface area (Å²) < 4.78 is 0. The molecule has 0 bridgehead atoms. The highest BCUT2D eigenvalue weighted by Crippen LogP contribution is 2.37. The number of likely N-dealkylation sites (N-methyl/N-ethyl adjacent to an activating group) is 2. The van der Waals surface area contributed by atoms with E-state index in [4.69, 9.17) is 0 Å². The first-order chi connectivity index (χ1) is 8.19. The van der Waals surface area contributed by atoms with Crippen LogP contribution < -0.4 is 5.32 Å². The zero-order valence-electron chi connectivity index (χ0n) is 11.1. The van der Waals surface area contributed by atoms with Crippen LogP contribution in [0, 0.1) is 0 Å². The highest BCUT2D eigenvalue weighted by molar-refractivity contribution is 7.09. The Hall–Kier alpha value is -0.450. The van der Waals surface area contributed by atoms with E-state index in [1.54, 1.807) is 11.3 Å². The largest absolute Gasteiger partial charge is 0.315 e. The fourth-order valence-corrected chi connectivity index (χ4v) is 3.84. The molecule has 96 valence electrons. The zero-order valence-corrected chi connectivity index (χ0v) is 11.9. The molecule has 0 aromatic carbocycles. The minimum absolute atomic E-state index is 0.332. The first-order valence-corrected chi connectivity index (χ1v) is 7.29.